The molecule has 2 N–H and O–H groups in total. The number of amides is 1. The van der Waals surface area contributed by atoms with Crippen molar-refractivity contribution in [1.82, 2.24) is 19.8 Å². The number of rotatable bonds is 6. The van der Waals surface area contributed by atoms with Crippen molar-refractivity contribution in [3.63, 3.8) is 0 Å². The summed E-state index contributed by atoms with van der Waals surface area (Å²) >= 11 is 0. The molecule has 0 unspecified atom stereocenters. The highest BCUT2D eigenvalue weighted by Gasteiger charge is 2.40. The Morgan fingerprint density at radius 3 is 2.81 bits per heavy atom. The van der Waals surface area contributed by atoms with Crippen LogP contribution < -0.4 is 10.9 Å². The van der Waals surface area contributed by atoms with Gasteiger partial charge < -0.3 is 19.9 Å². The number of likely N-dealkylation sites (N-methyl/N-ethyl adjacent to an activating group) is 1. The molecule has 166 valence electrons. The highest BCUT2D eigenvalue weighted by molar-refractivity contribution is 5.76. The number of hydrogen-bond acceptors (Lipinski definition) is 5. The number of carboxylic acid groups (broad SMARTS) is 1. The molecule has 2 aliphatic heterocycles. The van der Waals surface area contributed by atoms with E-state index in [4.69, 9.17) is 9.90 Å². The monoisotopic (exact) mass is 426 g/mol. The number of aromatic nitrogens is 2. The van der Waals surface area contributed by atoms with Gasteiger partial charge in [0.15, 0.2) is 0 Å². The number of carbonyl (C=O) groups is 2. The average molecular weight is 427 g/mol. The molecule has 1 saturated heterocycles. The molecule has 0 saturated carbocycles. The lowest BCUT2D eigenvalue weighted by molar-refractivity contribution is -0.123. The van der Waals surface area contributed by atoms with Crippen LogP contribution in [0.3, 0.4) is 0 Å². The molecule has 0 spiro atoms. The predicted octanol–water partition coefficient (Wildman–Crippen LogP) is 1.67. The number of pyridine rings is 2. The fourth-order valence-corrected chi connectivity index (χ4v) is 4.77. The summed E-state index contributed by atoms with van der Waals surface area (Å²) in [4.78, 5) is 40.0. The third-order valence-electron chi connectivity index (χ3n) is 6.19. The second kappa shape index (κ2) is 10.9. The van der Waals surface area contributed by atoms with E-state index in [9.17, 15) is 9.59 Å². The fraction of sp³-hybridized carbons (Fsp3) is 0.478. The van der Waals surface area contributed by atoms with Crippen molar-refractivity contribution in [3.8, 4) is 0 Å². The maximum absolute atomic E-state index is 12.6. The number of nitrogens with zero attached hydrogens (tertiary/aromatic N) is 3. The SMILES string of the molecule is CCN1C[C@H]2C[C@@H](C1)[C@H](CNC(=O)CCc1cccnc1)n1c2cccc1=O.O=CO. The molecule has 31 heavy (non-hydrogen) atoms. The van der Waals surface area contributed by atoms with Gasteiger partial charge >= 0.3 is 0 Å². The molecule has 2 bridgehead atoms. The van der Waals surface area contributed by atoms with Gasteiger partial charge in [0.05, 0.1) is 6.04 Å². The van der Waals surface area contributed by atoms with Crippen LogP contribution >= 0.6 is 0 Å². The molecular formula is C23H30N4O4. The van der Waals surface area contributed by atoms with Crippen LogP contribution in [0.2, 0.25) is 0 Å². The predicted molar refractivity (Wildman–Crippen MR) is 117 cm³/mol. The van der Waals surface area contributed by atoms with E-state index in [0.717, 1.165) is 37.3 Å². The van der Waals surface area contributed by atoms with Crippen molar-refractivity contribution < 1.29 is 14.7 Å². The highest BCUT2D eigenvalue weighted by atomic mass is 16.3. The first-order chi connectivity index (χ1) is 15.1. The number of carbonyl (C=O) groups excluding carboxylic acids is 1. The van der Waals surface area contributed by atoms with Crippen LogP contribution in [0.4, 0.5) is 0 Å². The van der Waals surface area contributed by atoms with Crippen LogP contribution in [0.15, 0.2) is 47.5 Å². The fourth-order valence-electron chi connectivity index (χ4n) is 4.77. The molecule has 0 aliphatic carbocycles. The van der Waals surface area contributed by atoms with Gasteiger partial charge in [0.25, 0.3) is 12.0 Å². The Kier molecular flexibility index (Phi) is 7.94. The highest BCUT2D eigenvalue weighted by Crippen LogP contribution is 2.40. The zero-order valence-electron chi connectivity index (χ0n) is 17.8. The van der Waals surface area contributed by atoms with Crippen molar-refractivity contribution in [2.75, 3.05) is 26.2 Å². The summed E-state index contributed by atoms with van der Waals surface area (Å²) in [7, 11) is 0. The summed E-state index contributed by atoms with van der Waals surface area (Å²) < 4.78 is 1.95. The molecular weight excluding hydrogens is 396 g/mol. The lowest BCUT2D eigenvalue weighted by Crippen LogP contribution is -2.51. The standard InChI is InChI=1S/C22H28N4O2.CH2O2/c1-2-25-14-17-11-18(15-25)20(26-19(17)6-3-7-22(26)28)13-24-21(27)9-8-16-5-4-10-23-12-16;2-1-3/h3-7,10,12,17-18,20H,2,8-9,11,13-15H2,1H3,(H,24,27);1H,(H,2,3)/t17-,18+,20+;/m1./s1. The van der Waals surface area contributed by atoms with Gasteiger partial charge in [-0.2, -0.15) is 0 Å². The van der Waals surface area contributed by atoms with Crippen LogP contribution in [0, 0.1) is 5.92 Å². The molecule has 2 aliphatic rings. The second-order valence-electron chi connectivity index (χ2n) is 8.04. The first kappa shape index (κ1) is 22.7. The lowest BCUT2D eigenvalue weighted by atomic mass is 9.78. The molecule has 1 fully saturated rings. The van der Waals surface area contributed by atoms with Crippen LogP contribution in [-0.4, -0.2) is 58.1 Å². The Hall–Kier alpha value is -3.00. The van der Waals surface area contributed by atoms with E-state index in [2.05, 4.69) is 28.2 Å². The average Bonchev–Trinajstić information content (AvgIpc) is 2.79. The van der Waals surface area contributed by atoms with Gasteiger partial charge in [0, 0.05) is 56.1 Å². The molecule has 0 aromatic carbocycles. The molecule has 8 heteroatoms. The van der Waals surface area contributed by atoms with Gasteiger partial charge in [-0.3, -0.25) is 19.4 Å². The van der Waals surface area contributed by atoms with Crippen molar-refractivity contribution >= 4 is 12.4 Å². The number of likely N-dealkylation sites (tertiary alicyclic amines) is 1. The van der Waals surface area contributed by atoms with Gasteiger partial charge in [-0.15, -0.1) is 0 Å². The Morgan fingerprint density at radius 2 is 2.10 bits per heavy atom. The summed E-state index contributed by atoms with van der Waals surface area (Å²) in [5, 5.41) is 9.98. The molecule has 4 rings (SSSR count). The molecule has 0 radical (unpaired) electrons. The number of hydrogen-bond donors (Lipinski definition) is 2. The Labute approximate surface area is 181 Å². The zero-order chi connectivity index (χ0) is 22.2. The normalized spacial score (nSPS) is 21.9. The van der Waals surface area contributed by atoms with Gasteiger partial charge in [-0.05, 0) is 43.0 Å². The first-order valence-electron chi connectivity index (χ1n) is 10.7. The Balaban J connectivity index is 0.000000858. The number of fused-ring (bicyclic) bond motifs is 4. The zero-order valence-corrected chi connectivity index (χ0v) is 17.8. The topological polar surface area (TPSA) is 105 Å². The Bertz CT molecular complexity index is 931. The smallest absolute Gasteiger partial charge is 0.290 e. The molecule has 8 nitrogen and oxygen atoms in total. The van der Waals surface area contributed by atoms with E-state index in [-0.39, 0.29) is 24.0 Å². The summed E-state index contributed by atoms with van der Waals surface area (Å²) in [5.41, 5.74) is 2.23. The van der Waals surface area contributed by atoms with E-state index >= 15 is 0 Å². The van der Waals surface area contributed by atoms with E-state index in [0.29, 0.717) is 31.2 Å². The molecule has 2 aromatic rings. The number of piperidine rings is 1. The maximum Gasteiger partial charge on any atom is 0.290 e. The van der Waals surface area contributed by atoms with E-state index in [1.165, 1.54) is 0 Å². The van der Waals surface area contributed by atoms with Crippen molar-refractivity contribution in [3.05, 3.63) is 64.3 Å². The van der Waals surface area contributed by atoms with Gasteiger partial charge in [-0.1, -0.05) is 19.1 Å². The van der Waals surface area contributed by atoms with Gasteiger partial charge in [0.2, 0.25) is 5.91 Å². The van der Waals surface area contributed by atoms with Crippen LogP contribution in [0.5, 0.6) is 0 Å². The number of nitrogens with one attached hydrogen (secondary N) is 1. The second-order valence-corrected chi connectivity index (χ2v) is 8.04. The minimum absolute atomic E-state index is 0.0247. The third kappa shape index (κ3) is 5.58. The van der Waals surface area contributed by atoms with Crippen LogP contribution in [0.1, 0.15) is 43.0 Å². The molecule has 2 aromatic heterocycles. The molecule has 3 atom stereocenters. The molecule has 1 amide bonds. The van der Waals surface area contributed by atoms with Gasteiger partial charge in [-0.25, -0.2) is 0 Å². The van der Waals surface area contributed by atoms with Crippen molar-refractivity contribution in [1.29, 1.82) is 0 Å². The van der Waals surface area contributed by atoms with E-state index in [1.54, 1.807) is 18.5 Å². The van der Waals surface area contributed by atoms with Crippen molar-refractivity contribution in [2.24, 2.45) is 5.92 Å². The summed E-state index contributed by atoms with van der Waals surface area (Å²) in [6.07, 6.45) is 5.74. The maximum atomic E-state index is 12.6. The summed E-state index contributed by atoms with van der Waals surface area (Å²) in [6.45, 7) is 5.48. The van der Waals surface area contributed by atoms with Crippen LogP contribution in [0.25, 0.3) is 0 Å². The molecule has 4 heterocycles. The number of aryl methyl sites for hydroxylation is 1. The quantitative estimate of drug-likeness (QED) is 0.681. The first-order valence-corrected chi connectivity index (χ1v) is 10.7. The summed E-state index contributed by atoms with van der Waals surface area (Å²) in [5.74, 6) is 0.828. The lowest BCUT2D eigenvalue weighted by Gasteiger charge is -2.46. The van der Waals surface area contributed by atoms with Crippen molar-refractivity contribution in [2.45, 2.75) is 38.1 Å². The Morgan fingerprint density at radius 1 is 1.29 bits per heavy atom. The minimum atomic E-state index is -0.250. The summed E-state index contributed by atoms with van der Waals surface area (Å²) in [6, 6.07) is 9.48. The van der Waals surface area contributed by atoms with Gasteiger partial charge in [0.1, 0.15) is 0 Å². The third-order valence-corrected chi connectivity index (χ3v) is 6.19. The minimum Gasteiger partial charge on any atom is -0.483 e. The van der Waals surface area contributed by atoms with E-state index < -0.39 is 0 Å². The largest absolute Gasteiger partial charge is 0.483 e. The van der Waals surface area contributed by atoms with Crippen LogP contribution in [-0.2, 0) is 16.0 Å². The van der Waals surface area contributed by atoms with E-state index in [1.807, 2.05) is 22.8 Å².